The Balaban J connectivity index is 2.15. The maximum absolute atomic E-state index is 2.69. The average Bonchev–Trinajstić information content (AvgIpc) is 2.84. The van der Waals surface area contributed by atoms with Crippen molar-refractivity contribution in [2.24, 2.45) is 17.8 Å². The van der Waals surface area contributed by atoms with E-state index in [1.165, 1.54) is 38.0 Å². The molecule has 1 heteroatoms. The van der Waals surface area contributed by atoms with E-state index >= 15 is 0 Å². The summed E-state index contributed by atoms with van der Waals surface area (Å²) in [6.45, 7) is 10.2. The molecule has 0 heterocycles. The van der Waals surface area contributed by atoms with E-state index in [4.69, 9.17) is 0 Å². The zero-order chi connectivity index (χ0) is 13.2. The second kappa shape index (κ2) is 6.25. The summed E-state index contributed by atoms with van der Waals surface area (Å²) in [5.41, 5.74) is 1.13. The van der Waals surface area contributed by atoms with E-state index in [1.54, 1.807) is 19.3 Å². The molecule has 2 aliphatic rings. The molecule has 0 spiro atoms. The maximum atomic E-state index is 2.69. The molecule has 2 saturated carbocycles. The minimum atomic E-state index is -0.642. The summed E-state index contributed by atoms with van der Waals surface area (Å²) in [5, 5.41) is 0. The molecule has 0 saturated heterocycles. The summed E-state index contributed by atoms with van der Waals surface area (Å²) in [4.78, 5) is 0. The van der Waals surface area contributed by atoms with Crippen LogP contribution in [0.5, 0.6) is 0 Å². The molecule has 2 aliphatic carbocycles. The van der Waals surface area contributed by atoms with Crippen molar-refractivity contribution in [3.05, 3.63) is 0 Å². The number of rotatable bonds is 4. The van der Waals surface area contributed by atoms with Crippen molar-refractivity contribution in [2.45, 2.75) is 71.4 Å². The number of hydrogen-bond acceptors (Lipinski definition) is 0. The summed E-state index contributed by atoms with van der Waals surface area (Å²) in [6.07, 6.45) is 13.8. The molecule has 0 radical (unpaired) electrons. The predicted octanol–water partition coefficient (Wildman–Crippen LogP) is 5.67. The third kappa shape index (κ3) is 2.79. The Morgan fingerprint density at radius 1 is 0.833 bits per heavy atom. The second-order valence-electron chi connectivity index (χ2n) is 7.20. The normalized spacial score (nSPS) is 38.0. The lowest BCUT2D eigenvalue weighted by atomic mass is 9.75. The van der Waals surface area contributed by atoms with E-state index < -0.39 is 7.26 Å². The van der Waals surface area contributed by atoms with Crippen LogP contribution in [0.25, 0.3) is 0 Å². The van der Waals surface area contributed by atoms with Crippen LogP contribution in [-0.2, 0) is 0 Å². The van der Waals surface area contributed by atoms with Crippen LogP contribution in [0.4, 0.5) is 0 Å². The van der Waals surface area contributed by atoms with Gasteiger partial charge in [-0.25, -0.2) is 0 Å². The minimum Gasteiger partial charge on any atom is -0.0622 e. The summed E-state index contributed by atoms with van der Waals surface area (Å²) in [6, 6.07) is 0. The molecule has 0 amide bonds. The van der Waals surface area contributed by atoms with Crippen molar-refractivity contribution >= 4 is 7.26 Å². The third-order valence-corrected chi connectivity index (χ3v) is 11.6. The van der Waals surface area contributed by atoms with Gasteiger partial charge in [0, 0.05) is 13.9 Å². The van der Waals surface area contributed by atoms with Crippen LogP contribution in [0.2, 0.25) is 0 Å². The highest BCUT2D eigenvalue weighted by molar-refractivity contribution is 7.75. The van der Waals surface area contributed by atoms with Crippen molar-refractivity contribution in [1.82, 2.24) is 0 Å². The van der Waals surface area contributed by atoms with Gasteiger partial charge in [0.05, 0.1) is 18.0 Å². The van der Waals surface area contributed by atoms with Crippen LogP contribution in [0, 0.1) is 17.8 Å². The molecule has 2 fully saturated rings. The summed E-state index contributed by atoms with van der Waals surface area (Å²) in [7, 11) is -0.642. The molecule has 0 aliphatic heterocycles. The highest BCUT2D eigenvalue weighted by atomic mass is 31.2. The molecule has 106 valence electrons. The minimum absolute atomic E-state index is 0.642. The average molecular weight is 269 g/mol. The molecular formula is C17H34P+. The predicted molar refractivity (Wildman–Crippen MR) is 86.2 cm³/mol. The van der Waals surface area contributed by atoms with E-state index in [0.29, 0.717) is 0 Å². The van der Waals surface area contributed by atoms with Crippen molar-refractivity contribution < 1.29 is 0 Å². The highest BCUT2D eigenvalue weighted by Crippen LogP contribution is 2.66. The standard InChI is InChI=1S/C17H34P/c1-5-18(4,6-2)17-13-8-7-11-16(17)15-12-9-10-14(15)3/h14-17H,5-13H2,1-4H3/q+1. The first kappa shape index (κ1) is 14.8. The molecule has 0 aromatic rings. The van der Waals surface area contributed by atoms with Crippen LogP contribution in [0.15, 0.2) is 0 Å². The Labute approximate surface area is 116 Å². The van der Waals surface area contributed by atoms with Crippen LogP contribution < -0.4 is 0 Å². The Morgan fingerprint density at radius 2 is 1.44 bits per heavy atom. The Hall–Kier alpha value is 0.430. The fraction of sp³-hybridized carbons (Fsp3) is 1.00. The fourth-order valence-electron chi connectivity index (χ4n) is 4.92. The fourth-order valence-corrected chi connectivity index (χ4v) is 8.40. The Bertz CT molecular complexity index is 256. The van der Waals surface area contributed by atoms with Crippen molar-refractivity contribution in [1.29, 1.82) is 0 Å². The van der Waals surface area contributed by atoms with Gasteiger partial charge >= 0.3 is 0 Å². The Morgan fingerprint density at radius 3 is 2.00 bits per heavy atom. The molecule has 0 aromatic heterocycles. The lowest BCUT2D eigenvalue weighted by Gasteiger charge is -2.42. The van der Waals surface area contributed by atoms with Gasteiger partial charge < -0.3 is 0 Å². The molecule has 18 heavy (non-hydrogen) atoms. The van der Waals surface area contributed by atoms with Crippen LogP contribution in [0.1, 0.15) is 65.7 Å². The number of hydrogen-bond donors (Lipinski definition) is 0. The van der Waals surface area contributed by atoms with Crippen LogP contribution in [-0.4, -0.2) is 24.6 Å². The first-order valence-corrected chi connectivity index (χ1v) is 11.1. The van der Waals surface area contributed by atoms with Gasteiger partial charge in [0.1, 0.15) is 0 Å². The van der Waals surface area contributed by atoms with Crippen LogP contribution in [0.3, 0.4) is 0 Å². The van der Waals surface area contributed by atoms with Gasteiger partial charge in [-0.3, -0.25) is 0 Å². The van der Waals surface area contributed by atoms with Crippen molar-refractivity contribution in [2.75, 3.05) is 19.0 Å². The zero-order valence-electron chi connectivity index (χ0n) is 13.1. The first-order valence-electron chi connectivity index (χ1n) is 8.46. The largest absolute Gasteiger partial charge is 0.0725 e. The van der Waals surface area contributed by atoms with Gasteiger partial charge in [0.2, 0.25) is 0 Å². The zero-order valence-corrected chi connectivity index (χ0v) is 14.0. The SMILES string of the molecule is CC[P+](C)(CC)C1CCCCC1C1CCCC1C. The van der Waals surface area contributed by atoms with E-state index in [0.717, 1.165) is 23.4 Å². The van der Waals surface area contributed by atoms with Gasteiger partial charge in [-0.05, 0) is 57.3 Å². The lowest BCUT2D eigenvalue weighted by molar-refractivity contribution is 0.215. The summed E-state index contributed by atoms with van der Waals surface area (Å²) in [5.74, 6) is 3.22. The molecule has 4 unspecified atom stereocenters. The maximum Gasteiger partial charge on any atom is 0.0725 e. The van der Waals surface area contributed by atoms with Crippen LogP contribution >= 0.6 is 7.26 Å². The van der Waals surface area contributed by atoms with Gasteiger partial charge in [0.25, 0.3) is 0 Å². The van der Waals surface area contributed by atoms with Gasteiger partial charge in [0.15, 0.2) is 0 Å². The Kier molecular flexibility index (Phi) is 5.15. The van der Waals surface area contributed by atoms with Crippen molar-refractivity contribution in [3.63, 3.8) is 0 Å². The summed E-state index contributed by atoms with van der Waals surface area (Å²) < 4.78 is 0. The van der Waals surface area contributed by atoms with Gasteiger partial charge in [-0.1, -0.05) is 26.2 Å². The van der Waals surface area contributed by atoms with E-state index in [-0.39, 0.29) is 0 Å². The molecule has 2 rings (SSSR count). The van der Waals surface area contributed by atoms with E-state index in [9.17, 15) is 0 Å². The molecule has 0 bridgehead atoms. The molecule has 4 atom stereocenters. The molecular weight excluding hydrogens is 235 g/mol. The topological polar surface area (TPSA) is 0 Å². The molecule has 0 nitrogen and oxygen atoms in total. The smallest absolute Gasteiger partial charge is 0.0622 e. The van der Waals surface area contributed by atoms with Gasteiger partial charge in [-0.2, -0.15) is 0 Å². The quantitative estimate of drug-likeness (QED) is 0.577. The van der Waals surface area contributed by atoms with E-state index in [2.05, 4.69) is 27.4 Å². The third-order valence-electron chi connectivity index (χ3n) is 6.50. The highest BCUT2D eigenvalue weighted by Gasteiger charge is 2.47. The first-order chi connectivity index (χ1) is 8.62. The lowest BCUT2D eigenvalue weighted by Crippen LogP contribution is -2.35. The van der Waals surface area contributed by atoms with Gasteiger partial charge in [-0.15, -0.1) is 0 Å². The summed E-state index contributed by atoms with van der Waals surface area (Å²) >= 11 is 0. The monoisotopic (exact) mass is 269 g/mol. The van der Waals surface area contributed by atoms with E-state index in [1.807, 2.05) is 0 Å². The molecule has 0 aromatic carbocycles. The molecule has 0 N–H and O–H groups in total. The second-order valence-corrected chi connectivity index (χ2v) is 12.1. The van der Waals surface area contributed by atoms with Crippen molar-refractivity contribution in [3.8, 4) is 0 Å².